The van der Waals surface area contributed by atoms with E-state index in [1.807, 2.05) is 19.1 Å². The van der Waals surface area contributed by atoms with Gasteiger partial charge in [-0.15, -0.1) is 0 Å². The van der Waals surface area contributed by atoms with Crippen molar-refractivity contribution >= 4 is 23.4 Å². The number of carbonyl (C=O) groups excluding carboxylic acids is 3. The molecule has 1 atom stereocenters. The summed E-state index contributed by atoms with van der Waals surface area (Å²) >= 11 is 0. The van der Waals surface area contributed by atoms with Crippen molar-refractivity contribution in [3.63, 3.8) is 0 Å². The molecule has 8 heteroatoms. The lowest BCUT2D eigenvalue weighted by atomic mass is 10.1. The van der Waals surface area contributed by atoms with Gasteiger partial charge in [0.2, 0.25) is 17.7 Å². The number of hydrogen-bond donors (Lipinski definition) is 2. The molecule has 3 amide bonds. The summed E-state index contributed by atoms with van der Waals surface area (Å²) in [5.74, 6) is -0.107. The smallest absolute Gasteiger partial charge is 0.239 e. The fourth-order valence-corrected chi connectivity index (χ4v) is 3.10. The Morgan fingerprint density at radius 2 is 2.11 bits per heavy atom. The van der Waals surface area contributed by atoms with Crippen molar-refractivity contribution in [2.45, 2.75) is 19.9 Å². The summed E-state index contributed by atoms with van der Waals surface area (Å²) in [4.78, 5) is 38.3. The van der Waals surface area contributed by atoms with Gasteiger partial charge in [-0.2, -0.15) is 0 Å². The summed E-state index contributed by atoms with van der Waals surface area (Å²) in [5.41, 5.74) is 1.64. The van der Waals surface area contributed by atoms with E-state index in [9.17, 15) is 14.4 Å². The first-order valence-corrected chi connectivity index (χ1v) is 8.99. The Morgan fingerprint density at radius 1 is 1.29 bits per heavy atom. The van der Waals surface area contributed by atoms with Crippen molar-refractivity contribution in [3.05, 3.63) is 47.9 Å². The van der Waals surface area contributed by atoms with Crippen LogP contribution in [0.2, 0.25) is 0 Å². The molecule has 0 radical (unpaired) electrons. The second-order valence-corrected chi connectivity index (χ2v) is 6.65. The lowest BCUT2D eigenvalue weighted by molar-refractivity contribution is -0.129. The van der Waals surface area contributed by atoms with Gasteiger partial charge in [0.05, 0.1) is 38.1 Å². The molecule has 1 fully saturated rings. The molecule has 1 aromatic heterocycles. The highest BCUT2D eigenvalue weighted by Crippen LogP contribution is 2.33. The summed E-state index contributed by atoms with van der Waals surface area (Å²) in [6.07, 6.45) is 1.62. The lowest BCUT2D eigenvalue weighted by Crippen LogP contribution is -2.40. The number of methoxy groups -OCH3 is 1. The van der Waals surface area contributed by atoms with E-state index < -0.39 is 5.92 Å². The van der Waals surface area contributed by atoms with E-state index in [0.717, 1.165) is 5.56 Å². The Bertz CT molecular complexity index is 863. The molecule has 0 saturated carbocycles. The van der Waals surface area contributed by atoms with Gasteiger partial charge in [-0.05, 0) is 36.8 Å². The van der Waals surface area contributed by atoms with Gasteiger partial charge in [0.25, 0.3) is 0 Å². The Morgan fingerprint density at radius 3 is 2.82 bits per heavy atom. The van der Waals surface area contributed by atoms with Crippen LogP contribution in [0, 0.1) is 12.8 Å². The fraction of sp³-hybridized carbons (Fsp3) is 0.350. The molecular weight excluding hydrogens is 362 g/mol. The standard InChI is InChI=1S/C20H23N3O5/c1-13-5-6-17(27-2)16(8-13)23-12-14(9-19(23)25)20(26)22-11-18(24)21-10-15-4-3-7-28-15/h3-8,14H,9-12H2,1-2H3,(H,21,24)(H,22,26). The van der Waals surface area contributed by atoms with E-state index in [4.69, 9.17) is 9.15 Å². The van der Waals surface area contributed by atoms with Crippen molar-refractivity contribution in [1.82, 2.24) is 10.6 Å². The molecule has 8 nitrogen and oxygen atoms in total. The third-order valence-corrected chi connectivity index (χ3v) is 4.58. The minimum Gasteiger partial charge on any atom is -0.495 e. The average molecular weight is 385 g/mol. The van der Waals surface area contributed by atoms with E-state index >= 15 is 0 Å². The molecule has 1 saturated heterocycles. The summed E-state index contributed by atoms with van der Waals surface area (Å²) in [6, 6.07) is 9.04. The van der Waals surface area contributed by atoms with Gasteiger partial charge in [0, 0.05) is 13.0 Å². The van der Waals surface area contributed by atoms with Crippen molar-refractivity contribution < 1.29 is 23.5 Å². The van der Waals surface area contributed by atoms with Crippen LogP contribution in [0.1, 0.15) is 17.7 Å². The summed E-state index contributed by atoms with van der Waals surface area (Å²) < 4.78 is 10.5. The van der Waals surface area contributed by atoms with Crippen LogP contribution in [0.15, 0.2) is 41.0 Å². The zero-order valence-electron chi connectivity index (χ0n) is 15.9. The number of rotatable bonds is 7. The van der Waals surface area contributed by atoms with Crippen LogP contribution in [0.3, 0.4) is 0 Å². The molecule has 28 heavy (non-hydrogen) atoms. The highest BCUT2D eigenvalue weighted by atomic mass is 16.5. The number of nitrogens with zero attached hydrogens (tertiary/aromatic N) is 1. The molecule has 2 N–H and O–H groups in total. The van der Waals surface area contributed by atoms with Gasteiger partial charge in [0.15, 0.2) is 0 Å². The number of aryl methyl sites for hydroxylation is 1. The Balaban J connectivity index is 1.54. The van der Waals surface area contributed by atoms with Crippen LogP contribution in [-0.2, 0) is 20.9 Å². The van der Waals surface area contributed by atoms with E-state index in [2.05, 4.69) is 10.6 Å². The normalized spacial score (nSPS) is 16.1. The second-order valence-electron chi connectivity index (χ2n) is 6.65. The number of amides is 3. The van der Waals surface area contributed by atoms with Gasteiger partial charge < -0.3 is 24.7 Å². The first-order valence-electron chi connectivity index (χ1n) is 8.99. The molecule has 0 spiro atoms. The van der Waals surface area contributed by atoms with Gasteiger partial charge >= 0.3 is 0 Å². The number of hydrogen-bond acceptors (Lipinski definition) is 5. The van der Waals surface area contributed by atoms with Gasteiger partial charge in [0.1, 0.15) is 11.5 Å². The molecular formula is C20H23N3O5. The van der Waals surface area contributed by atoms with Crippen molar-refractivity contribution in [2.24, 2.45) is 5.92 Å². The molecule has 148 valence electrons. The number of anilines is 1. The third-order valence-electron chi connectivity index (χ3n) is 4.58. The molecule has 0 aliphatic carbocycles. The second kappa shape index (κ2) is 8.60. The zero-order valence-corrected chi connectivity index (χ0v) is 15.9. The average Bonchev–Trinajstić information content (AvgIpc) is 3.34. The molecule has 1 aliphatic rings. The third kappa shape index (κ3) is 4.51. The molecule has 0 bridgehead atoms. The van der Waals surface area contributed by atoms with Crippen LogP contribution in [0.25, 0.3) is 0 Å². The van der Waals surface area contributed by atoms with Crippen LogP contribution >= 0.6 is 0 Å². The molecule has 1 unspecified atom stereocenters. The minimum absolute atomic E-state index is 0.0942. The number of ether oxygens (including phenoxy) is 1. The zero-order chi connectivity index (χ0) is 20.1. The maximum atomic E-state index is 12.4. The summed E-state index contributed by atoms with van der Waals surface area (Å²) in [5, 5.41) is 5.25. The topological polar surface area (TPSA) is 101 Å². The highest BCUT2D eigenvalue weighted by Gasteiger charge is 2.36. The van der Waals surface area contributed by atoms with Crippen LogP contribution in [0.5, 0.6) is 5.75 Å². The van der Waals surface area contributed by atoms with E-state index in [1.54, 1.807) is 30.2 Å². The first-order chi connectivity index (χ1) is 13.5. The SMILES string of the molecule is COc1ccc(C)cc1N1CC(C(=O)NCC(=O)NCc2ccco2)CC1=O. The van der Waals surface area contributed by atoms with Gasteiger partial charge in [-0.25, -0.2) is 0 Å². The van der Waals surface area contributed by atoms with Crippen LogP contribution in [0.4, 0.5) is 5.69 Å². The Hall–Kier alpha value is -3.29. The summed E-state index contributed by atoms with van der Waals surface area (Å²) in [6.45, 7) is 2.27. The number of furan rings is 1. The predicted octanol–water partition coefficient (Wildman–Crippen LogP) is 1.38. The van der Waals surface area contributed by atoms with E-state index in [0.29, 0.717) is 17.2 Å². The monoisotopic (exact) mass is 385 g/mol. The van der Waals surface area contributed by atoms with E-state index in [-0.39, 0.29) is 43.8 Å². The summed E-state index contributed by atoms with van der Waals surface area (Å²) in [7, 11) is 1.54. The van der Waals surface area contributed by atoms with Gasteiger partial charge in [-0.1, -0.05) is 6.07 Å². The predicted molar refractivity (Wildman–Crippen MR) is 102 cm³/mol. The molecule has 2 heterocycles. The maximum Gasteiger partial charge on any atom is 0.239 e. The first kappa shape index (κ1) is 19.5. The van der Waals surface area contributed by atoms with Crippen molar-refractivity contribution in [1.29, 1.82) is 0 Å². The Labute approximate surface area is 162 Å². The van der Waals surface area contributed by atoms with Crippen molar-refractivity contribution in [3.8, 4) is 5.75 Å². The van der Waals surface area contributed by atoms with Crippen LogP contribution in [-0.4, -0.2) is 37.9 Å². The lowest BCUT2D eigenvalue weighted by Gasteiger charge is -2.20. The molecule has 1 aliphatic heterocycles. The van der Waals surface area contributed by atoms with Gasteiger partial charge in [-0.3, -0.25) is 14.4 Å². The number of nitrogens with one attached hydrogen (secondary N) is 2. The quantitative estimate of drug-likeness (QED) is 0.750. The number of benzene rings is 1. The molecule has 3 rings (SSSR count). The van der Waals surface area contributed by atoms with Crippen LogP contribution < -0.4 is 20.3 Å². The number of carbonyl (C=O) groups is 3. The maximum absolute atomic E-state index is 12.4. The Kier molecular flexibility index (Phi) is 5.98. The minimum atomic E-state index is -0.518. The van der Waals surface area contributed by atoms with E-state index in [1.165, 1.54) is 6.26 Å². The molecule has 1 aromatic carbocycles. The fourth-order valence-electron chi connectivity index (χ4n) is 3.10. The largest absolute Gasteiger partial charge is 0.495 e. The molecule has 2 aromatic rings. The van der Waals surface area contributed by atoms with Crippen molar-refractivity contribution in [2.75, 3.05) is 25.1 Å². The highest BCUT2D eigenvalue weighted by molar-refractivity contribution is 6.01.